The molecule has 4 atom stereocenters. The van der Waals surface area contributed by atoms with Crippen LogP contribution in [-0.4, -0.2) is 59.9 Å². The van der Waals surface area contributed by atoms with E-state index in [9.17, 15) is 9.59 Å². The van der Waals surface area contributed by atoms with Crippen molar-refractivity contribution in [2.45, 2.75) is 135 Å². The standard InChI is InChI=1S/C38H56O8Si2/c1-25-20-33-35(44-33)31(42-24-26-16-18-29(41-8)19-17-26)15-13-14-28(39)21-27-22-30(45-47(9,10)37(2,3)4)23-32(34(27)36(40)43-25)46-48(11,12)38(5,6)7/h13,15-19,22-23,25,31,33,35H,14,20-21,24H2,1-12H3/b15-13+/t25-,31-,33+,35-/m1/s1. The van der Waals surface area contributed by atoms with Gasteiger partial charge in [0.25, 0.3) is 8.32 Å². The van der Waals surface area contributed by atoms with E-state index in [1.54, 1.807) is 7.11 Å². The van der Waals surface area contributed by atoms with Crippen molar-refractivity contribution in [2.75, 3.05) is 7.11 Å². The second-order valence-electron chi connectivity index (χ2n) is 16.2. The highest BCUT2D eigenvalue weighted by molar-refractivity contribution is 6.75. The maximum absolute atomic E-state index is 14.1. The Hall–Kier alpha value is -2.93. The molecule has 0 aromatic heterocycles. The van der Waals surface area contributed by atoms with Gasteiger partial charge in [-0.05, 0) is 72.5 Å². The number of rotatable bonds is 8. The minimum atomic E-state index is -2.41. The Kier molecular flexibility index (Phi) is 11.5. The van der Waals surface area contributed by atoms with E-state index < -0.39 is 28.7 Å². The van der Waals surface area contributed by atoms with Gasteiger partial charge in [-0.25, -0.2) is 4.79 Å². The van der Waals surface area contributed by atoms with Crippen molar-refractivity contribution in [2.24, 2.45) is 0 Å². The Morgan fingerprint density at radius 2 is 1.50 bits per heavy atom. The molecule has 2 heterocycles. The summed E-state index contributed by atoms with van der Waals surface area (Å²) in [4.78, 5) is 27.7. The molecule has 2 aliphatic rings. The van der Waals surface area contributed by atoms with Gasteiger partial charge in [-0.1, -0.05) is 65.8 Å². The van der Waals surface area contributed by atoms with Crippen LogP contribution >= 0.6 is 0 Å². The van der Waals surface area contributed by atoms with Crippen molar-refractivity contribution in [1.82, 2.24) is 0 Å². The first-order valence-corrected chi connectivity index (χ1v) is 22.9. The Morgan fingerprint density at radius 3 is 2.10 bits per heavy atom. The number of fused-ring (bicyclic) bond motifs is 2. The monoisotopic (exact) mass is 696 g/mol. The van der Waals surface area contributed by atoms with Crippen LogP contribution < -0.4 is 13.6 Å². The summed E-state index contributed by atoms with van der Waals surface area (Å²) < 4.78 is 37.3. The van der Waals surface area contributed by atoms with Gasteiger partial charge in [0.1, 0.15) is 46.9 Å². The van der Waals surface area contributed by atoms with Gasteiger partial charge in [0.2, 0.25) is 8.32 Å². The molecular formula is C38H56O8Si2. The minimum Gasteiger partial charge on any atom is -0.543 e. The molecule has 264 valence electrons. The number of allylic oxidation sites excluding steroid dienone is 1. The van der Waals surface area contributed by atoms with E-state index >= 15 is 0 Å². The summed E-state index contributed by atoms with van der Waals surface area (Å²) in [5.41, 5.74) is 1.86. The fourth-order valence-electron chi connectivity index (χ4n) is 5.08. The molecule has 0 unspecified atom stereocenters. The number of hydrogen-bond acceptors (Lipinski definition) is 8. The van der Waals surface area contributed by atoms with Crippen molar-refractivity contribution >= 4 is 28.4 Å². The summed E-state index contributed by atoms with van der Waals surface area (Å²) in [5.74, 6) is 1.27. The van der Waals surface area contributed by atoms with E-state index in [1.165, 1.54) is 0 Å². The molecule has 2 aliphatic heterocycles. The number of ketones is 1. The first-order valence-electron chi connectivity index (χ1n) is 17.0. The summed E-state index contributed by atoms with van der Waals surface area (Å²) in [6.07, 6.45) is 3.40. The summed E-state index contributed by atoms with van der Waals surface area (Å²) in [5, 5.41) is -0.177. The van der Waals surface area contributed by atoms with E-state index in [4.69, 9.17) is 27.8 Å². The molecule has 4 rings (SSSR count). The molecule has 2 aromatic carbocycles. The zero-order chi connectivity index (χ0) is 35.7. The largest absolute Gasteiger partial charge is 0.543 e. The van der Waals surface area contributed by atoms with Gasteiger partial charge in [0, 0.05) is 25.3 Å². The number of Topliss-reactive ketones (excluding diaryl/α,β-unsaturated/α-hetero) is 1. The predicted octanol–water partition coefficient (Wildman–Crippen LogP) is 8.82. The lowest BCUT2D eigenvalue weighted by atomic mass is 9.98. The van der Waals surface area contributed by atoms with Crippen molar-refractivity contribution in [3.8, 4) is 17.2 Å². The van der Waals surface area contributed by atoms with Crippen molar-refractivity contribution in [1.29, 1.82) is 0 Å². The molecule has 0 saturated carbocycles. The van der Waals surface area contributed by atoms with E-state index in [0.29, 0.717) is 35.7 Å². The van der Waals surface area contributed by atoms with E-state index in [1.807, 2.05) is 55.5 Å². The smallest absolute Gasteiger partial charge is 0.342 e. The number of epoxide rings is 1. The van der Waals surface area contributed by atoms with Gasteiger partial charge in [-0.3, -0.25) is 4.79 Å². The van der Waals surface area contributed by atoms with Crippen LogP contribution in [0.25, 0.3) is 0 Å². The molecule has 0 aliphatic carbocycles. The first-order chi connectivity index (χ1) is 22.2. The maximum atomic E-state index is 14.1. The number of esters is 1. The zero-order valence-corrected chi connectivity index (χ0v) is 33.0. The van der Waals surface area contributed by atoms with Gasteiger partial charge >= 0.3 is 5.97 Å². The van der Waals surface area contributed by atoms with Crippen LogP contribution in [0, 0.1) is 0 Å². The van der Waals surface area contributed by atoms with Gasteiger partial charge in [0.05, 0.1) is 19.8 Å². The number of carbonyl (C=O) groups is 2. The molecule has 0 bridgehead atoms. The fraction of sp³-hybridized carbons (Fsp3) is 0.579. The summed E-state index contributed by atoms with van der Waals surface area (Å²) in [7, 11) is -3.03. The normalized spacial score (nSPS) is 23.2. The highest BCUT2D eigenvalue weighted by Gasteiger charge is 2.46. The summed E-state index contributed by atoms with van der Waals surface area (Å²) >= 11 is 0. The van der Waals surface area contributed by atoms with Crippen LogP contribution in [-0.2, 0) is 32.0 Å². The molecule has 1 saturated heterocycles. The second-order valence-corrected chi connectivity index (χ2v) is 25.7. The van der Waals surface area contributed by atoms with Gasteiger partial charge < -0.3 is 27.8 Å². The number of carbonyl (C=O) groups excluding carboxylic acids is 2. The number of methoxy groups -OCH3 is 1. The van der Waals surface area contributed by atoms with E-state index in [2.05, 4.69) is 67.7 Å². The molecule has 0 spiro atoms. The lowest BCUT2D eigenvalue weighted by molar-refractivity contribution is -0.117. The van der Waals surface area contributed by atoms with Crippen molar-refractivity contribution < 1.29 is 37.4 Å². The number of hydrogen-bond donors (Lipinski definition) is 0. The zero-order valence-electron chi connectivity index (χ0n) is 31.0. The van der Waals surface area contributed by atoms with Gasteiger partial charge in [-0.2, -0.15) is 0 Å². The summed E-state index contributed by atoms with van der Waals surface area (Å²) in [6, 6.07) is 11.4. The first kappa shape index (κ1) is 37.9. The topological polar surface area (TPSA) is 92.8 Å². The van der Waals surface area contributed by atoms with Crippen LogP contribution in [0.5, 0.6) is 17.2 Å². The quantitative estimate of drug-likeness (QED) is 0.117. The number of cyclic esters (lactones) is 1. The van der Waals surface area contributed by atoms with E-state index in [-0.39, 0.29) is 47.0 Å². The van der Waals surface area contributed by atoms with Crippen LogP contribution in [0.1, 0.15) is 82.8 Å². The molecule has 8 nitrogen and oxygen atoms in total. The highest BCUT2D eigenvalue weighted by atomic mass is 28.4. The lowest BCUT2D eigenvalue weighted by Gasteiger charge is -2.38. The van der Waals surface area contributed by atoms with Crippen LogP contribution in [0.3, 0.4) is 0 Å². The average molecular weight is 697 g/mol. The predicted molar refractivity (Wildman–Crippen MR) is 194 cm³/mol. The molecule has 2 aromatic rings. The Morgan fingerprint density at radius 1 is 0.875 bits per heavy atom. The van der Waals surface area contributed by atoms with Crippen molar-refractivity contribution in [3.05, 3.63) is 65.2 Å². The third-order valence-corrected chi connectivity index (χ3v) is 18.9. The maximum Gasteiger partial charge on any atom is 0.342 e. The Labute approximate surface area is 289 Å². The van der Waals surface area contributed by atoms with Crippen LogP contribution in [0.15, 0.2) is 48.6 Å². The number of ether oxygens (including phenoxy) is 4. The third-order valence-electron chi connectivity index (χ3n) is 10.2. The number of benzene rings is 2. The molecule has 0 amide bonds. The highest BCUT2D eigenvalue weighted by Crippen LogP contribution is 2.43. The molecule has 48 heavy (non-hydrogen) atoms. The third kappa shape index (κ3) is 9.40. The molecule has 10 heteroatoms. The molecule has 0 radical (unpaired) electrons. The SMILES string of the molecule is COc1ccc(CO[C@@H]2/C=C/CC(=O)Cc3cc(O[Si](C)(C)C(C)(C)C)cc(O[Si](C)(C)C(C)(C)C)c3C(=O)O[C@H](C)C[C@@H]3O[C@@H]32)cc1. The molecular weight excluding hydrogens is 641 g/mol. The summed E-state index contributed by atoms with van der Waals surface area (Å²) in [6.45, 7) is 23.9. The minimum absolute atomic E-state index is 0.0334. The second kappa shape index (κ2) is 14.5. The van der Waals surface area contributed by atoms with Crippen molar-refractivity contribution in [3.63, 3.8) is 0 Å². The Balaban J connectivity index is 1.69. The van der Waals surface area contributed by atoms with E-state index in [0.717, 1.165) is 11.3 Å². The molecule has 0 N–H and O–H groups in total. The lowest BCUT2D eigenvalue weighted by Crippen LogP contribution is -2.45. The Bertz CT molecular complexity index is 1480. The fourth-order valence-corrected chi connectivity index (χ4v) is 7.11. The van der Waals surface area contributed by atoms with Gasteiger partial charge in [-0.15, -0.1) is 0 Å². The average Bonchev–Trinajstić information content (AvgIpc) is 3.71. The molecule has 1 fully saturated rings. The van der Waals surface area contributed by atoms with Gasteiger partial charge in [0.15, 0.2) is 0 Å². The van der Waals surface area contributed by atoms with Crippen LogP contribution in [0.2, 0.25) is 36.3 Å². The van der Waals surface area contributed by atoms with Crippen LogP contribution in [0.4, 0.5) is 0 Å².